The summed E-state index contributed by atoms with van der Waals surface area (Å²) in [4.78, 5) is 11.6. The Morgan fingerprint density at radius 3 is 2.31 bits per heavy atom. The number of ether oxygens (including phenoxy) is 4. The number of rotatable bonds is 6. The van der Waals surface area contributed by atoms with Gasteiger partial charge in [0.15, 0.2) is 12.6 Å². The quantitative estimate of drug-likeness (QED) is 0.207. The average molecular weight is 693 g/mol. The molecule has 0 spiro atoms. The van der Waals surface area contributed by atoms with Crippen LogP contribution in [0.1, 0.15) is 83.6 Å². The molecule has 1 aromatic heterocycles. The van der Waals surface area contributed by atoms with Gasteiger partial charge in [-0.05, 0) is 93.1 Å². The van der Waals surface area contributed by atoms with E-state index in [9.17, 15) is 40.5 Å². The maximum atomic E-state index is 12.5. The zero-order valence-corrected chi connectivity index (χ0v) is 28.3. The van der Waals surface area contributed by atoms with Gasteiger partial charge >= 0.3 is 5.63 Å². The lowest BCUT2D eigenvalue weighted by Crippen LogP contribution is -2.64. The van der Waals surface area contributed by atoms with Crippen LogP contribution in [0.3, 0.4) is 0 Å². The second-order valence-corrected chi connectivity index (χ2v) is 15.9. The molecular weight excluding hydrogens is 640 g/mol. The standard InChI is InChI=1S/C36H52O13/c1-17-26(39)31(49-32-29(42)28(41)27(40)24(15-37)48-32)30(43)33(46-17)47-20-8-11-34(2)19(14-20)5-6-23-22(34)9-12-35(3)21(10-13-36(23,35)44)18-4-7-25(38)45-16-18/h4,7,14,16-17,20-24,26-33,37,39-44H,5-6,8-13,15H2,1-3H3/t17-,20+,21-,22-,23+,24+,26+,27+,28-,29+,30-,31+,32-,33+,34-,35-,36+/m1/s1. The summed E-state index contributed by atoms with van der Waals surface area (Å²) in [5.41, 5.74) is 0.613. The van der Waals surface area contributed by atoms with E-state index < -0.39 is 73.6 Å². The van der Waals surface area contributed by atoms with Crippen molar-refractivity contribution in [3.8, 4) is 0 Å². The monoisotopic (exact) mass is 692 g/mol. The van der Waals surface area contributed by atoms with Crippen molar-refractivity contribution in [2.75, 3.05) is 6.61 Å². The first-order chi connectivity index (χ1) is 23.2. The normalized spacial score (nSPS) is 51.3. The minimum atomic E-state index is -1.70. The number of hydrogen-bond acceptors (Lipinski definition) is 13. The summed E-state index contributed by atoms with van der Waals surface area (Å²) in [6, 6.07) is 3.32. The van der Waals surface area contributed by atoms with Gasteiger partial charge in [0.25, 0.3) is 0 Å². The second-order valence-electron chi connectivity index (χ2n) is 15.9. The molecule has 4 aliphatic carbocycles. The van der Waals surface area contributed by atoms with Crippen molar-refractivity contribution in [3.05, 3.63) is 46.0 Å². The lowest BCUT2D eigenvalue weighted by molar-refractivity contribution is -0.359. The highest BCUT2D eigenvalue weighted by atomic mass is 16.7. The Morgan fingerprint density at radius 1 is 0.837 bits per heavy atom. The third kappa shape index (κ3) is 5.68. The van der Waals surface area contributed by atoms with Gasteiger partial charge in [-0.25, -0.2) is 4.79 Å². The lowest BCUT2D eigenvalue weighted by atomic mass is 9.45. The molecule has 7 N–H and O–H groups in total. The summed E-state index contributed by atoms with van der Waals surface area (Å²) in [6.45, 7) is 5.49. The van der Waals surface area contributed by atoms with Gasteiger partial charge in [0.2, 0.25) is 0 Å². The maximum Gasteiger partial charge on any atom is 0.335 e. The van der Waals surface area contributed by atoms with Crippen LogP contribution in [0.5, 0.6) is 0 Å². The third-order valence-corrected chi connectivity index (χ3v) is 13.6. The highest BCUT2D eigenvalue weighted by Gasteiger charge is 2.67. The van der Waals surface area contributed by atoms with Gasteiger partial charge in [0, 0.05) is 11.5 Å². The first-order valence-corrected chi connectivity index (χ1v) is 17.9. The largest absolute Gasteiger partial charge is 0.431 e. The molecule has 6 aliphatic rings. The van der Waals surface area contributed by atoms with Gasteiger partial charge in [-0.3, -0.25) is 0 Å². The van der Waals surface area contributed by atoms with Crippen molar-refractivity contribution < 1.29 is 59.1 Å². The van der Waals surface area contributed by atoms with Crippen molar-refractivity contribution in [1.82, 2.24) is 0 Å². The summed E-state index contributed by atoms with van der Waals surface area (Å²) < 4.78 is 28.7. The van der Waals surface area contributed by atoms with E-state index in [-0.39, 0.29) is 34.4 Å². The van der Waals surface area contributed by atoms with Gasteiger partial charge < -0.3 is 59.1 Å². The number of aliphatic hydroxyl groups excluding tert-OH is 6. The minimum absolute atomic E-state index is 0.119. The molecule has 13 nitrogen and oxygen atoms in total. The summed E-state index contributed by atoms with van der Waals surface area (Å²) >= 11 is 0. The minimum Gasteiger partial charge on any atom is -0.431 e. The van der Waals surface area contributed by atoms with Crippen LogP contribution in [0, 0.1) is 22.7 Å². The summed E-state index contributed by atoms with van der Waals surface area (Å²) in [5, 5.41) is 75.1. The van der Waals surface area contributed by atoms with Crippen LogP contribution >= 0.6 is 0 Å². The molecule has 1 aromatic rings. The van der Waals surface area contributed by atoms with E-state index in [4.69, 9.17) is 23.4 Å². The van der Waals surface area contributed by atoms with E-state index in [2.05, 4.69) is 19.9 Å². The van der Waals surface area contributed by atoms with Crippen molar-refractivity contribution in [2.24, 2.45) is 22.7 Å². The van der Waals surface area contributed by atoms with Crippen molar-refractivity contribution in [3.63, 3.8) is 0 Å². The molecule has 3 saturated carbocycles. The van der Waals surface area contributed by atoms with E-state index in [0.717, 1.165) is 44.1 Å². The number of aliphatic hydroxyl groups is 7. The maximum absolute atomic E-state index is 12.5. The first kappa shape index (κ1) is 35.6. The molecule has 274 valence electrons. The van der Waals surface area contributed by atoms with Crippen LogP contribution in [-0.4, -0.2) is 115 Å². The van der Waals surface area contributed by atoms with Crippen LogP contribution < -0.4 is 5.63 Å². The molecule has 17 atom stereocenters. The van der Waals surface area contributed by atoms with Crippen LogP contribution in [0.15, 0.2) is 39.3 Å². The summed E-state index contributed by atoms with van der Waals surface area (Å²) in [5.74, 6) is 0.549. The molecule has 0 bridgehead atoms. The van der Waals surface area contributed by atoms with Crippen LogP contribution in [0.4, 0.5) is 0 Å². The predicted molar refractivity (Wildman–Crippen MR) is 171 cm³/mol. The molecular formula is C36H52O13. The SMILES string of the molecule is C[C@H]1O[C@@H](O[C@@H]2C=C3CC[C@H]4[C@@H](CC[C@]5(C)[C@@H](c6ccc(=O)oc6)CC[C@]45O)[C@]3(C)CC2)[C@H](O)[C@@H](O[C@H]2O[C@@H](CO)[C@H](O)[C@@H](O)[C@@H]2O)[C@H]1O. The van der Waals surface area contributed by atoms with Gasteiger partial charge in [0.05, 0.1) is 30.7 Å². The van der Waals surface area contributed by atoms with Crippen molar-refractivity contribution in [2.45, 2.75) is 151 Å². The van der Waals surface area contributed by atoms with Gasteiger partial charge in [0.1, 0.15) is 42.7 Å². The van der Waals surface area contributed by atoms with Crippen LogP contribution in [0.25, 0.3) is 0 Å². The molecule has 49 heavy (non-hydrogen) atoms. The lowest BCUT2D eigenvalue weighted by Gasteiger charge is -2.62. The Balaban J connectivity index is 1.05. The molecule has 0 aromatic carbocycles. The zero-order chi connectivity index (χ0) is 35.0. The fourth-order valence-electron chi connectivity index (χ4n) is 10.7. The van der Waals surface area contributed by atoms with Crippen LogP contribution in [-0.2, 0) is 18.9 Å². The number of allylic oxidation sites excluding steroid dienone is 1. The zero-order valence-electron chi connectivity index (χ0n) is 28.3. The molecule has 0 unspecified atom stereocenters. The smallest absolute Gasteiger partial charge is 0.335 e. The Hall–Kier alpha value is -1.75. The van der Waals surface area contributed by atoms with Gasteiger partial charge in [-0.1, -0.05) is 25.5 Å². The molecule has 0 radical (unpaired) electrons. The highest BCUT2D eigenvalue weighted by molar-refractivity contribution is 5.31. The van der Waals surface area contributed by atoms with E-state index in [1.54, 1.807) is 13.2 Å². The highest BCUT2D eigenvalue weighted by Crippen LogP contribution is 2.70. The van der Waals surface area contributed by atoms with Crippen LogP contribution in [0.2, 0.25) is 0 Å². The predicted octanol–water partition coefficient (Wildman–Crippen LogP) is 0.838. The van der Waals surface area contributed by atoms with Gasteiger partial charge in [-0.2, -0.15) is 0 Å². The Labute approximate surface area is 285 Å². The Kier molecular flexibility index (Phi) is 9.48. The Morgan fingerprint density at radius 2 is 1.59 bits per heavy atom. The first-order valence-electron chi connectivity index (χ1n) is 17.9. The number of fused-ring (bicyclic) bond motifs is 5. The average Bonchev–Trinajstić information content (AvgIpc) is 3.36. The van der Waals surface area contributed by atoms with E-state index in [1.807, 2.05) is 6.07 Å². The number of hydrogen-bond donors (Lipinski definition) is 7. The topological polar surface area (TPSA) is 209 Å². The molecule has 7 rings (SSSR count). The van der Waals surface area contributed by atoms with E-state index in [1.165, 1.54) is 11.6 Å². The van der Waals surface area contributed by atoms with Crippen molar-refractivity contribution >= 4 is 0 Å². The molecule has 2 saturated heterocycles. The van der Waals surface area contributed by atoms with E-state index in [0.29, 0.717) is 18.8 Å². The third-order valence-electron chi connectivity index (χ3n) is 13.6. The molecule has 5 fully saturated rings. The van der Waals surface area contributed by atoms with Crippen molar-refractivity contribution in [1.29, 1.82) is 0 Å². The fraction of sp³-hybridized carbons (Fsp3) is 0.806. The molecule has 13 heteroatoms. The van der Waals surface area contributed by atoms with E-state index >= 15 is 0 Å². The molecule has 0 amide bonds. The Bertz CT molecular complexity index is 1430. The fourth-order valence-corrected chi connectivity index (χ4v) is 10.7. The molecule has 3 heterocycles. The molecule has 2 aliphatic heterocycles. The van der Waals surface area contributed by atoms with Gasteiger partial charge in [-0.15, -0.1) is 0 Å². The second kappa shape index (κ2) is 13.0. The summed E-state index contributed by atoms with van der Waals surface area (Å²) in [7, 11) is 0. The summed E-state index contributed by atoms with van der Waals surface area (Å²) in [6.07, 6.45) is -3.95.